The van der Waals surface area contributed by atoms with E-state index in [1.807, 2.05) is 0 Å². The molecular weight excluding hydrogens is 335 g/mol. The highest BCUT2D eigenvalue weighted by atomic mass is 127. The molecule has 1 fully saturated rings. The molecular formula is C11H11IN2O3. The summed E-state index contributed by atoms with van der Waals surface area (Å²) >= 11 is 2.12. The molecule has 6 heteroatoms. The zero-order valence-electron chi connectivity index (χ0n) is 9.22. The Morgan fingerprint density at radius 3 is 3.06 bits per heavy atom. The molecule has 0 bridgehead atoms. The highest BCUT2D eigenvalue weighted by Gasteiger charge is 2.36. The first-order valence-corrected chi connectivity index (χ1v) is 6.19. The Kier molecular flexibility index (Phi) is 3.60. The number of halogens is 1. The Morgan fingerprint density at radius 1 is 1.65 bits per heavy atom. The van der Waals surface area contributed by atoms with Crippen LogP contribution in [0.1, 0.15) is 6.42 Å². The summed E-state index contributed by atoms with van der Waals surface area (Å²) in [6, 6.07) is 1.78. The van der Waals surface area contributed by atoms with E-state index in [0.29, 0.717) is 6.54 Å². The zero-order valence-corrected chi connectivity index (χ0v) is 11.4. The van der Waals surface area contributed by atoms with E-state index in [1.165, 1.54) is 7.11 Å². The average molecular weight is 346 g/mol. The van der Waals surface area contributed by atoms with Crippen molar-refractivity contribution in [3.63, 3.8) is 0 Å². The fraction of sp³-hybridized carbons (Fsp3) is 0.364. The lowest BCUT2D eigenvalue weighted by molar-refractivity contribution is -0.145. The lowest BCUT2D eigenvalue weighted by Crippen LogP contribution is -2.26. The number of carbonyl (C=O) groups is 2. The smallest absolute Gasteiger partial charge is 0.311 e. The molecule has 5 nitrogen and oxygen atoms in total. The number of carbonyl (C=O) groups excluding carboxylic acids is 2. The molecule has 1 aromatic heterocycles. The van der Waals surface area contributed by atoms with E-state index >= 15 is 0 Å². The maximum absolute atomic E-state index is 11.9. The molecule has 1 aromatic rings. The lowest BCUT2D eigenvalue weighted by atomic mass is 10.1. The van der Waals surface area contributed by atoms with Gasteiger partial charge in [-0.15, -0.1) is 0 Å². The minimum atomic E-state index is -0.364. The highest BCUT2D eigenvalue weighted by molar-refractivity contribution is 14.1. The number of anilines is 1. The fourth-order valence-electron chi connectivity index (χ4n) is 1.85. The van der Waals surface area contributed by atoms with Crippen LogP contribution in [0.2, 0.25) is 0 Å². The molecule has 1 amide bonds. The summed E-state index contributed by atoms with van der Waals surface area (Å²) < 4.78 is 5.56. The number of pyridine rings is 1. The van der Waals surface area contributed by atoms with Crippen molar-refractivity contribution in [3.8, 4) is 0 Å². The van der Waals surface area contributed by atoms with Crippen molar-refractivity contribution in [2.75, 3.05) is 18.6 Å². The second-order valence-corrected chi connectivity index (χ2v) is 4.92. The molecule has 1 saturated heterocycles. The van der Waals surface area contributed by atoms with Gasteiger partial charge in [-0.3, -0.25) is 14.6 Å². The normalized spacial score (nSPS) is 19.5. The van der Waals surface area contributed by atoms with Gasteiger partial charge in [0.05, 0.1) is 22.3 Å². The predicted molar refractivity (Wildman–Crippen MR) is 69.4 cm³/mol. The predicted octanol–water partition coefficient (Wildman–Crippen LogP) is 1.21. The van der Waals surface area contributed by atoms with Crippen molar-refractivity contribution < 1.29 is 14.3 Å². The van der Waals surface area contributed by atoms with Crippen molar-refractivity contribution in [1.29, 1.82) is 0 Å². The van der Waals surface area contributed by atoms with Gasteiger partial charge in [0.1, 0.15) is 0 Å². The van der Waals surface area contributed by atoms with Gasteiger partial charge in [0.25, 0.3) is 0 Å². The summed E-state index contributed by atoms with van der Waals surface area (Å²) in [7, 11) is 1.34. The standard InChI is InChI=1S/C11H11IN2O3/c1-17-11(16)7-4-10(15)14(6-7)9-2-3-13-5-8(9)12/h2-3,5,7H,4,6H2,1H3. The second kappa shape index (κ2) is 4.99. The van der Waals surface area contributed by atoms with E-state index in [0.717, 1.165) is 9.26 Å². The number of hydrogen-bond donors (Lipinski definition) is 0. The van der Waals surface area contributed by atoms with Gasteiger partial charge in [0, 0.05) is 25.4 Å². The maximum atomic E-state index is 11.9. The average Bonchev–Trinajstić information content (AvgIpc) is 2.71. The van der Waals surface area contributed by atoms with Crippen molar-refractivity contribution in [1.82, 2.24) is 4.98 Å². The largest absolute Gasteiger partial charge is 0.469 e. The van der Waals surface area contributed by atoms with Crippen LogP contribution in [-0.2, 0) is 14.3 Å². The van der Waals surface area contributed by atoms with Gasteiger partial charge in [-0.25, -0.2) is 0 Å². The summed E-state index contributed by atoms with van der Waals surface area (Å²) in [6.45, 7) is 0.380. The molecule has 1 atom stereocenters. The third kappa shape index (κ3) is 2.41. The first-order valence-electron chi connectivity index (χ1n) is 5.11. The Bertz CT molecular complexity index is 464. The van der Waals surface area contributed by atoms with E-state index in [9.17, 15) is 9.59 Å². The topological polar surface area (TPSA) is 59.5 Å². The molecule has 0 saturated carbocycles. The molecule has 0 N–H and O–H groups in total. The quantitative estimate of drug-likeness (QED) is 0.597. The van der Waals surface area contributed by atoms with Crippen molar-refractivity contribution >= 4 is 40.2 Å². The van der Waals surface area contributed by atoms with Crippen LogP contribution in [-0.4, -0.2) is 30.5 Å². The molecule has 90 valence electrons. The van der Waals surface area contributed by atoms with Crippen molar-refractivity contribution in [2.24, 2.45) is 5.92 Å². The van der Waals surface area contributed by atoms with Crippen LogP contribution >= 0.6 is 22.6 Å². The van der Waals surface area contributed by atoms with Crippen LogP contribution < -0.4 is 4.90 Å². The lowest BCUT2D eigenvalue weighted by Gasteiger charge is -2.17. The van der Waals surface area contributed by atoms with Gasteiger partial charge in [0.2, 0.25) is 5.91 Å². The molecule has 1 aliphatic heterocycles. The number of rotatable bonds is 2. The van der Waals surface area contributed by atoms with Crippen LogP contribution in [0.5, 0.6) is 0 Å². The van der Waals surface area contributed by atoms with Crippen LogP contribution in [0.25, 0.3) is 0 Å². The van der Waals surface area contributed by atoms with Gasteiger partial charge in [-0.05, 0) is 28.7 Å². The van der Waals surface area contributed by atoms with Gasteiger partial charge in [-0.1, -0.05) is 0 Å². The molecule has 17 heavy (non-hydrogen) atoms. The number of amides is 1. The Labute approximate surface area is 112 Å². The summed E-state index contributed by atoms with van der Waals surface area (Å²) in [6.07, 6.45) is 3.54. The number of hydrogen-bond acceptors (Lipinski definition) is 4. The van der Waals surface area contributed by atoms with Crippen molar-refractivity contribution in [3.05, 3.63) is 22.0 Å². The molecule has 0 spiro atoms. The van der Waals surface area contributed by atoms with E-state index in [-0.39, 0.29) is 24.2 Å². The SMILES string of the molecule is COC(=O)C1CC(=O)N(c2ccncc2I)C1. The van der Waals surface area contributed by atoms with Crippen LogP contribution in [0.4, 0.5) is 5.69 Å². The number of methoxy groups -OCH3 is 1. The molecule has 2 rings (SSSR count). The van der Waals surface area contributed by atoms with Crippen molar-refractivity contribution in [2.45, 2.75) is 6.42 Å². The summed E-state index contributed by atoms with van der Waals surface area (Å²) in [5.74, 6) is -0.745. The minimum absolute atomic E-state index is 0.0514. The first kappa shape index (κ1) is 12.3. The molecule has 1 unspecified atom stereocenters. The molecule has 0 aliphatic carbocycles. The third-order valence-electron chi connectivity index (χ3n) is 2.70. The van der Waals surface area contributed by atoms with Gasteiger partial charge in [-0.2, -0.15) is 0 Å². The summed E-state index contributed by atoms with van der Waals surface area (Å²) in [5.41, 5.74) is 0.803. The molecule has 0 aromatic carbocycles. The first-order chi connectivity index (χ1) is 8.13. The Hall–Kier alpha value is -1.18. The fourth-order valence-corrected chi connectivity index (χ4v) is 2.48. The summed E-state index contributed by atoms with van der Waals surface area (Å²) in [5, 5.41) is 0. The highest BCUT2D eigenvalue weighted by Crippen LogP contribution is 2.28. The van der Waals surface area contributed by atoms with Crippen LogP contribution in [0.15, 0.2) is 18.5 Å². The van der Waals surface area contributed by atoms with Gasteiger partial charge >= 0.3 is 5.97 Å². The molecule has 1 aliphatic rings. The number of esters is 1. The molecule has 2 heterocycles. The molecule has 0 radical (unpaired) electrons. The second-order valence-electron chi connectivity index (χ2n) is 3.76. The minimum Gasteiger partial charge on any atom is -0.469 e. The maximum Gasteiger partial charge on any atom is 0.311 e. The summed E-state index contributed by atoms with van der Waals surface area (Å²) in [4.78, 5) is 28.8. The monoisotopic (exact) mass is 346 g/mol. The van der Waals surface area contributed by atoms with E-state index in [4.69, 9.17) is 0 Å². The van der Waals surface area contributed by atoms with Crippen LogP contribution in [0, 0.1) is 9.49 Å². The number of aromatic nitrogens is 1. The van der Waals surface area contributed by atoms with Crippen LogP contribution in [0.3, 0.4) is 0 Å². The Morgan fingerprint density at radius 2 is 2.41 bits per heavy atom. The van der Waals surface area contributed by atoms with E-state index in [1.54, 1.807) is 23.4 Å². The van der Waals surface area contributed by atoms with E-state index < -0.39 is 0 Å². The number of nitrogens with zero attached hydrogens (tertiary/aromatic N) is 2. The number of ether oxygens (including phenoxy) is 1. The van der Waals surface area contributed by atoms with E-state index in [2.05, 4.69) is 32.3 Å². The zero-order chi connectivity index (χ0) is 12.4. The van der Waals surface area contributed by atoms with Gasteiger partial charge in [0.15, 0.2) is 0 Å². The third-order valence-corrected chi connectivity index (χ3v) is 3.53. The van der Waals surface area contributed by atoms with Gasteiger partial charge < -0.3 is 9.64 Å². The Balaban J connectivity index is 2.22.